The Kier molecular flexibility index (Phi) is 6.68. The van der Waals surface area contributed by atoms with Gasteiger partial charge in [0.05, 0.1) is 13.2 Å². The van der Waals surface area contributed by atoms with Crippen LogP contribution in [0.2, 0.25) is 0 Å². The highest BCUT2D eigenvalue weighted by molar-refractivity contribution is 5.79. The van der Waals surface area contributed by atoms with E-state index in [2.05, 4.69) is 6.92 Å². The number of carbonyl (C=O) groups excluding carboxylic acids is 2. The predicted molar refractivity (Wildman–Crippen MR) is 85.4 cm³/mol. The van der Waals surface area contributed by atoms with E-state index in [1.807, 2.05) is 16.7 Å². The van der Waals surface area contributed by atoms with Crippen molar-refractivity contribution in [2.75, 3.05) is 32.8 Å². The van der Waals surface area contributed by atoms with Crippen LogP contribution in [0.25, 0.3) is 0 Å². The first kappa shape index (κ1) is 17.3. The van der Waals surface area contributed by atoms with Gasteiger partial charge in [-0.3, -0.25) is 9.59 Å². The normalized spacial score (nSPS) is 23.1. The SMILES string of the molecule is CCC(CC(C)C(=O)N1CCOCC1)N1CCCCCC1=O. The van der Waals surface area contributed by atoms with Crippen molar-refractivity contribution >= 4 is 11.8 Å². The molecule has 126 valence electrons. The molecule has 22 heavy (non-hydrogen) atoms. The molecule has 2 fully saturated rings. The fourth-order valence-corrected chi connectivity index (χ4v) is 3.51. The van der Waals surface area contributed by atoms with Crippen LogP contribution < -0.4 is 0 Å². The Morgan fingerprint density at radius 2 is 1.91 bits per heavy atom. The van der Waals surface area contributed by atoms with Gasteiger partial charge in [-0.1, -0.05) is 20.3 Å². The second kappa shape index (κ2) is 8.51. The summed E-state index contributed by atoms with van der Waals surface area (Å²) in [4.78, 5) is 28.8. The second-order valence-corrected chi connectivity index (χ2v) is 6.53. The molecule has 2 unspecified atom stereocenters. The summed E-state index contributed by atoms with van der Waals surface area (Å²) >= 11 is 0. The van der Waals surface area contributed by atoms with Gasteiger partial charge in [0.25, 0.3) is 0 Å². The topological polar surface area (TPSA) is 49.9 Å². The number of likely N-dealkylation sites (tertiary alicyclic amines) is 1. The monoisotopic (exact) mass is 310 g/mol. The lowest BCUT2D eigenvalue weighted by Gasteiger charge is -2.34. The summed E-state index contributed by atoms with van der Waals surface area (Å²) in [5.41, 5.74) is 0. The Bertz CT molecular complexity index is 380. The fourth-order valence-electron chi connectivity index (χ4n) is 3.51. The van der Waals surface area contributed by atoms with Gasteiger partial charge in [-0.25, -0.2) is 0 Å². The highest BCUT2D eigenvalue weighted by atomic mass is 16.5. The molecule has 2 heterocycles. The van der Waals surface area contributed by atoms with Crippen LogP contribution in [0.1, 0.15) is 52.4 Å². The Balaban J connectivity index is 1.92. The molecule has 5 nitrogen and oxygen atoms in total. The second-order valence-electron chi connectivity index (χ2n) is 6.53. The maximum atomic E-state index is 12.5. The number of hydrogen-bond donors (Lipinski definition) is 0. The van der Waals surface area contributed by atoms with Crippen molar-refractivity contribution in [3.05, 3.63) is 0 Å². The number of morpholine rings is 1. The van der Waals surface area contributed by atoms with Crippen molar-refractivity contribution in [2.45, 2.75) is 58.4 Å². The van der Waals surface area contributed by atoms with E-state index < -0.39 is 0 Å². The van der Waals surface area contributed by atoms with Gasteiger partial charge < -0.3 is 14.5 Å². The molecule has 2 atom stereocenters. The van der Waals surface area contributed by atoms with E-state index in [1.165, 1.54) is 0 Å². The zero-order valence-corrected chi connectivity index (χ0v) is 14.1. The first-order valence-electron chi connectivity index (χ1n) is 8.79. The molecule has 2 saturated heterocycles. The fraction of sp³-hybridized carbons (Fsp3) is 0.882. The molecule has 0 saturated carbocycles. The average Bonchev–Trinajstić information content (AvgIpc) is 2.77. The van der Waals surface area contributed by atoms with Gasteiger partial charge in [-0.15, -0.1) is 0 Å². The van der Waals surface area contributed by atoms with Crippen LogP contribution >= 0.6 is 0 Å². The standard InChI is InChI=1S/C17H30N2O3/c1-3-15(19-8-6-4-5-7-16(19)20)13-14(2)17(21)18-9-11-22-12-10-18/h14-15H,3-13H2,1-2H3. The number of carbonyl (C=O) groups is 2. The lowest BCUT2D eigenvalue weighted by molar-refractivity contribution is -0.141. The Hall–Kier alpha value is -1.10. The molecule has 2 rings (SSSR count). The summed E-state index contributed by atoms with van der Waals surface area (Å²) in [6, 6.07) is 0.200. The number of ether oxygens (including phenoxy) is 1. The summed E-state index contributed by atoms with van der Waals surface area (Å²) in [5.74, 6) is 0.457. The van der Waals surface area contributed by atoms with Gasteiger partial charge in [0.2, 0.25) is 11.8 Å². The molecule has 2 aliphatic heterocycles. The van der Waals surface area contributed by atoms with E-state index in [-0.39, 0.29) is 23.8 Å². The van der Waals surface area contributed by atoms with Crippen LogP contribution in [0.5, 0.6) is 0 Å². The molecule has 2 amide bonds. The molecule has 0 aliphatic carbocycles. The van der Waals surface area contributed by atoms with E-state index in [0.29, 0.717) is 32.7 Å². The summed E-state index contributed by atoms with van der Waals surface area (Å²) in [5, 5.41) is 0. The van der Waals surface area contributed by atoms with Crippen molar-refractivity contribution in [1.82, 2.24) is 9.80 Å². The first-order chi connectivity index (χ1) is 10.6. The number of rotatable bonds is 5. The summed E-state index contributed by atoms with van der Waals surface area (Å²) in [6.45, 7) is 7.65. The van der Waals surface area contributed by atoms with E-state index in [4.69, 9.17) is 4.74 Å². The van der Waals surface area contributed by atoms with Gasteiger partial charge in [0.15, 0.2) is 0 Å². The van der Waals surface area contributed by atoms with Gasteiger partial charge in [0.1, 0.15) is 0 Å². The summed E-state index contributed by atoms with van der Waals surface area (Å²) < 4.78 is 5.31. The Labute approximate surface area is 134 Å². The smallest absolute Gasteiger partial charge is 0.225 e. The van der Waals surface area contributed by atoms with Crippen molar-refractivity contribution in [3.8, 4) is 0 Å². The quantitative estimate of drug-likeness (QED) is 0.781. The Morgan fingerprint density at radius 1 is 1.18 bits per heavy atom. The minimum absolute atomic E-state index is 0.0286. The molecule has 2 aliphatic rings. The lowest BCUT2D eigenvalue weighted by atomic mass is 9.96. The van der Waals surface area contributed by atoms with Crippen molar-refractivity contribution in [2.24, 2.45) is 5.92 Å². The zero-order chi connectivity index (χ0) is 15.9. The lowest BCUT2D eigenvalue weighted by Crippen LogP contribution is -2.46. The molecule has 0 aromatic heterocycles. The van der Waals surface area contributed by atoms with Crippen molar-refractivity contribution in [3.63, 3.8) is 0 Å². The average molecular weight is 310 g/mol. The predicted octanol–water partition coefficient (Wildman–Crippen LogP) is 2.05. The third-order valence-electron chi connectivity index (χ3n) is 4.89. The summed E-state index contributed by atoms with van der Waals surface area (Å²) in [7, 11) is 0. The van der Waals surface area contributed by atoms with Gasteiger partial charge in [-0.05, 0) is 25.7 Å². The highest BCUT2D eigenvalue weighted by Crippen LogP contribution is 2.22. The molecule has 5 heteroatoms. The van der Waals surface area contributed by atoms with Gasteiger partial charge in [0, 0.05) is 38.0 Å². The zero-order valence-electron chi connectivity index (χ0n) is 14.1. The minimum Gasteiger partial charge on any atom is -0.378 e. The molecule has 0 aromatic rings. The first-order valence-corrected chi connectivity index (χ1v) is 8.79. The highest BCUT2D eigenvalue weighted by Gasteiger charge is 2.29. The maximum absolute atomic E-state index is 12.5. The molecule has 0 bridgehead atoms. The largest absolute Gasteiger partial charge is 0.378 e. The summed E-state index contributed by atoms with van der Waals surface area (Å²) in [6.07, 6.45) is 5.61. The number of amides is 2. The molecule has 0 aromatic carbocycles. The van der Waals surface area contributed by atoms with Crippen molar-refractivity contribution < 1.29 is 14.3 Å². The van der Waals surface area contributed by atoms with Crippen LogP contribution in [-0.4, -0.2) is 60.5 Å². The van der Waals surface area contributed by atoms with Crippen LogP contribution in [0.15, 0.2) is 0 Å². The van der Waals surface area contributed by atoms with E-state index in [1.54, 1.807) is 0 Å². The number of nitrogens with zero attached hydrogens (tertiary/aromatic N) is 2. The third-order valence-corrected chi connectivity index (χ3v) is 4.89. The van der Waals surface area contributed by atoms with E-state index >= 15 is 0 Å². The van der Waals surface area contributed by atoms with E-state index in [9.17, 15) is 9.59 Å². The number of hydrogen-bond acceptors (Lipinski definition) is 3. The Morgan fingerprint density at radius 3 is 2.59 bits per heavy atom. The van der Waals surface area contributed by atoms with Crippen LogP contribution in [-0.2, 0) is 14.3 Å². The van der Waals surface area contributed by atoms with Gasteiger partial charge >= 0.3 is 0 Å². The maximum Gasteiger partial charge on any atom is 0.225 e. The molecule has 0 N–H and O–H groups in total. The minimum atomic E-state index is -0.0286. The van der Waals surface area contributed by atoms with Gasteiger partial charge in [-0.2, -0.15) is 0 Å². The molecule has 0 radical (unpaired) electrons. The van der Waals surface area contributed by atoms with E-state index in [0.717, 1.165) is 38.6 Å². The third kappa shape index (κ3) is 4.45. The van der Waals surface area contributed by atoms with Crippen LogP contribution in [0, 0.1) is 5.92 Å². The molecular formula is C17H30N2O3. The molecule has 0 spiro atoms. The van der Waals surface area contributed by atoms with Crippen LogP contribution in [0.3, 0.4) is 0 Å². The molecular weight excluding hydrogens is 280 g/mol. The van der Waals surface area contributed by atoms with Crippen molar-refractivity contribution in [1.29, 1.82) is 0 Å². The van der Waals surface area contributed by atoms with Crippen LogP contribution in [0.4, 0.5) is 0 Å².